The van der Waals surface area contributed by atoms with E-state index >= 15 is 0 Å². The van der Waals surface area contributed by atoms with E-state index in [-0.39, 0.29) is 17.2 Å². The summed E-state index contributed by atoms with van der Waals surface area (Å²) in [5.74, 6) is 0.0223. The molecule has 0 heterocycles. The Labute approximate surface area is 91.0 Å². The van der Waals surface area contributed by atoms with Crippen LogP contribution in [0.1, 0.15) is 0 Å². The summed E-state index contributed by atoms with van der Waals surface area (Å²) in [7, 11) is 1.41. The Morgan fingerprint density at radius 1 is 1.31 bits per heavy atom. The van der Waals surface area contributed by atoms with Crippen molar-refractivity contribution >= 4 is 16.5 Å². The number of aromatic hydroxyl groups is 1. The fourth-order valence-electron chi connectivity index (χ4n) is 1.68. The molecule has 2 aromatic rings. The van der Waals surface area contributed by atoms with Gasteiger partial charge in [-0.05, 0) is 6.07 Å². The maximum Gasteiger partial charge on any atom is 0.281 e. The molecule has 0 saturated carbocycles. The van der Waals surface area contributed by atoms with Crippen molar-refractivity contribution in [2.45, 2.75) is 0 Å². The molecule has 0 bridgehead atoms. The highest BCUT2D eigenvalue weighted by molar-refractivity contribution is 5.97. The molecule has 2 rings (SSSR count). The number of methoxy groups -OCH3 is 1. The normalized spacial score (nSPS) is 10.3. The lowest BCUT2D eigenvalue weighted by Gasteiger charge is -2.07. The molecule has 16 heavy (non-hydrogen) atoms. The van der Waals surface area contributed by atoms with Crippen molar-refractivity contribution in [3.63, 3.8) is 0 Å². The summed E-state index contributed by atoms with van der Waals surface area (Å²) in [5.41, 5.74) is -0.131. The number of nitrogens with zero attached hydrogens (tertiary/aromatic N) is 1. The molecule has 0 amide bonds. The van der Waals surface area contributed by atoms with Crippen molar-refractivity contribution in [1.29, 1.82) is 0 Å². The number of hydrogen-bond acceptors (Lipinski definition) is 4. The molecule has 0 spiro atoms. The quantitative estimate of drug-likeness (QED) is 0.622. The van der Waals surface area contributed by atoms with Crippen LogP contribution in [0, 0.1) is 10.1 Å². The molecule has 0 radical (unpaired) electrons. The molecule has 0 atom stereocenters. The number of phenols is 1. The Hall–Kier alpha value is -2.30. The summed E-state index contributed by atoms with van der Waals surface area (Å²) in [6.45, 7) is 0. The van der Waals surface area contributed by atoms with Gasteiger partial charge >= 0.3 is 0 Å². The van der Waals surface area contributed by atoms with E-state index in [0.29, 0.717) is 10.8 Å². The summed E-state index contributed by atoms with van der Waals surface area (Å²) in [6.07, 6.45) is 0. The van der Waals surface area contributed by atoms with Gasteiger partial charge in [-0.3, -0.25) is 10.1 Å². The van der Waals surface area contributed by atoms with Gasteiger partial charge in [-0.1, -0.05) is 18.2 Å². The second-order valence-electron chi connectivity index (χ2n) is 3.25. The number of nitro groups is 1. The maximum atomic E-state index is 10.8. The first-order valence-corrected chi connectivity index (χ1v) is 4.58. The number of rotatable bonds is 2. The van der Waals surface area contributed by atoms with Crippen molar-refractivity contribution in [3.8, 4) is 11.5 Å². The second-order valence-corrected chi connectivity index (χ2v) is 3.25. The number of phenolic OH excluding ortho intramolecular Hbond substituents is 1. The van der Waals surface area contributed by atoms with Gasteiger partial charge in [0.15, 0.2) is 11.5 Å². The Morgan fingerprint density at radius 2 is 1.94 bits per heavy atom. The van der Waals surface area contributed by atoms with E-state index in [1.54, 1.807) is 24.3 Å². The van der Waals surface area contributed by atoms with Crippen molar-refractivity contribution in [1.82, 2.24) is 0 Å². The van der Waals surface area contributed by atoms with Crippen molar-refractivity contribution in [3.05, 3.63) is 40.4 Å². The van der Waals surface area contributed by atoms with E-state index in [1.807, 2.05) is 0 Å². The van der Waals surface area contributed by atoms with Crippen LogP contribution in [0.5, 0.6) is 11.5 Å². The third-order valence-electron chi connectivity index (χ3n) is 2.35. The molecule has 0 aliphatic rings. The Kier molecular flexibility index (Phi) is 2.36. The van der Waals surface area contributed by atoms with Crippen LogP contribution in [0.15, 0.2) is 30.3 Å². The van der Waals surface area contributed by atoms with Gasteiger partial charge < -0.3 is 9.84 Å². The SMILES string of the molecule is COc1c(O)cc([N+](=O)[O-])c2ccccc12. The zero-order valence-corrected chi connectivity index (χ0v) is 8.51. The largest absolute Gasteiger partial charge is 0.504 e. The number of ether oxygens (including phenoxy) is 1. The molecule has 0 aliphatic carbocycles. The number of nitro benzene ring substituents is 1. The first-order chi connectivity index (χ1) is 7.65. The van der Waals surface area contributed by atoms with Crippen LogP contribution < -0.4 is 4.74 Å². The van der Waals surface area contributed by atoms with Crippen LogP contribution in [0.4, 0.5) is 5.69 Å². The van der Waals surface area contributed by atoms with Gasteiger partial charge in [0.05, 0.1) is 23.5 Å². The fourth-order valence-corrected chi connectivity index (χ4v) is 1.68. The Morgan fingerprint density at radius 3 is 2.50 bits per heavy atom. The monoisotopic (exact) mass is 219 g/mol. The summed E-state index contributed by atoms with van der Waals surface area (Å²) < 4.78 is 5.02. The fraction of sp³-hybridized carbons (Fsp3) is 0.0909. The number of hydrogen-bond donors (Lipinski definition) is 1. The van der Waals surface area contributed by atoms with Gasteiger partial charge in [0.1, 0.15) is 0 Å². The predicted molar refractivity (Wildman–Crippen MR) is 58.8 cm³/mol. The van der Waals surface area contributed by atoms with Crippen LogP contribution in [0.2, 0.25) is 0 Å². The van der Waals surface area contributed by atoms with E-state index in [4.69, 9.17) is 4.74 Å². The summed E-state index contributed by atoms with van der Waals surface area (Å²) in [5, 5.41) is 21.4. The first-order valence-electron chi connectivity index (χ1n) is 4.58. The van der Waals surface area contributed by atoms with E-state index in [2.05, 4.69) is 0 Å². The van der Waals surface area contributed by atoms with Gasteiger partial charge in [0, 0.05) is 5.39 Å². The van der Waals surface area contributed by atoms with E-state index in [0.717, 1.165) is 6.07 Å². The molecule has 82 valence electrons. The van der Waals surface area contributed by atoms with E-state index < -0.39 is 4.92 Å². The smallest absolute Gasteiger partial charge is 0.281 e. The Bertz CT molecular complexity index is 565. The summed E-state index contributed by atoms with van der Waals surface area (Å²) in [4.78, 5) is 10.3. The average molecular weight is 219 g/mol. The maximum absolute atomic E-state index is 10.8. The highest BCUT2D eigenvalue weighted by atomic mass is 16.6. The number of benzene rings is 2. The molecule has 5 nitrogen and oxygen atoms in total. The minimum Gasteiger partial charge on any atom is -0.504 e. The highest BCUT2D eigenvalue weighted by Gasteiger charge is 2.18. The molecular formula is C11H9NO4. The van der Waals surface area contributed by atoms with Gasteiger partial charge in [-0.2, -0.15) is 0 Å². The molecule has 0 unspecified atom stereocenters. The topological polar surface area (TPSA) is 72.6 Å². The van der Waals surface area contributed by atoms with Crippen molar-refractivity contribution in [2.75, 3.05) is 7.11 Å². The molecule has 0 aliphatic heterocycles. The predicted octanol–water partition coefficient (Wildman–Crippen LogP) is 2.46. The standard InChI is InChI=1S/C11H9NO4/c1-16-11-8-5-3-2-4-7(8)9(12(14)15)6-10(11)13/h2-6,13H,1H3. The lowest BCUT2D eigenvalue weighted by atomic mass is 10.1. The lowest BCUT2D eigenvalue weighted by molar-refractivity contribution is -0.383. The number of non-ortho nitro benzene ring substituents is 1. The van der Waals surface area contributed by atoms with E-state index in [1.165, 1.54) is 7.11 Å². The molecule has 2 aromatic carbocycles. The average Bonchev–Trinajstić information content (AvgIpc) is 2.28. The highest BCUT2D eigenvalue weighted by Crippen LogP contribution is 2.40. The van der Waals surface area contributed by atoms with Gasteiger partial charge in [-0.25, -0.2) is 0 Å². The minimum absolute atomic E-state index is 0.131. The van der Waals surface area contributed by atoms with Crippen molar-refractivity contribution < 1.29 is 14.8 Å². The molecular weight excluding hydrogens is 210 g/mol. The number of fused-ring (bicyclic) bond motifs is 1. The van der Waals surface area contributed by atoms with Crippen LogP contribution in [0.25, 0.3) is 10.8 Å². The van der Waals surface area contributed by atoms with Gasteiger partial charge in [-0.15, -0.1) is 0 Å². The van der Waals surface area contributed by atoms with Crippen LogP contribution in [-0.4, -0.2) is 17.1 Å². The summed E-state index contributed by atoms with van der Waals surface area (Å²) in [6, 6.07) is 7.82. The summed E-state index contributed by atoms with van der Waals surface area (Å²) >= 11 is 0. The zero-order chi connectivity index (χ0) is 11.7. The van der Waals surface area contributed by atoms with Gasteiger partial charge in [0.25, 0.3) is 5.69 Å². The van der Waals surface area contributed by atoms with Crippen LogP contribution in [0.3, 0.4) is 0 Å². The minimum atomic E-state index is -0.526. The first kappa shape index (κ1) is 10.2. The van der Waals surface area contributed by atoms with Crippen molar-refractivity contribution in [2.24, 2.45) is 0 Å². The molecule has 5 heteroatoms. The molecule has 0 fully saturated rings. The lowest BCUT2D eigenvalue weighted by Crippen LogP contribution is -1.92. The second kappa shape index (κ2) is 3.69. The molecule has 0 saturated heterocycles. The van der Waals surface area contributed by atoms with Crippen LogP contribution >= 0.6 is 0 Å². The Balaban J connectivity index is 2.91. The molecule has 1 N–H and O–H groups in total. The molecule has 0 aromatic heterocycles. The third-order valence-corrected chi connectivity index (χ3v) is 2.35. The third kappa shape index (κ3) is 1.42. The van der Waals surface area contributed by atoms with E-state index in [9.17, 15) is 15.2 Å². The van der Waals surface area contributed by atoms with Gasteiger partial charge in [0.2, 0.25) is 0 Å². The zero-order valence-electron chi connectivity index (χ0n) is 8.51. The van der Waals surface area contributed by atoms with Crippen LogP contribution in [-0.2, 0) is 0 Å².